The van der Waals surface area contributed by atoms with Crippen molar-refractivity contribution in [2.75, 3.05) is 0 Å². The Kier molecular flexibility index (Phi) is 8.37. The Morgan fingerprint density at radius 2 is 1.45 bits per heavy atom. The normalized spacial score (nSPS) is 20.1. The number of hydrogen-bond donors (Lipinski definition) is 0. The third-order valence-electron chi connectivity index (χ3n) is 3.91. The van der Waals surface area contributed by atoms with Crippen LogP contribution in [0.15, 0.2) is 21.9 Å². The zero-order valence-corrected chi connectivity index (χ0v) is 18.4. The molecule has 1 aliphatic carbocycles. The molecule has 0 aliphatic heterocycles. The van der Waals surface area contributed by atoms with Gasteiger partial charge in [-0.15, -0.1) is 5.54 Å². The standard InChI is InChI=1S/C15H28NSi.2ClH.Ti/c1-10-11(2)13(4)14(12(10)3)17(8,9)16-15(5,6)7;;;/h12H,1-9H3;2*1H;/q-1;;;+2/p-2. The van der Waals surface area contributed by atoms with E-state index in [4.69, 9.17) is 23.6 Å². The van der Waals surface area contributed by atoms with Gasteiger partial charge in [-0.3, -0.25) is 0 Å². The van der Waals surface area contributed by atoms with Crippen LogP contribution in [0.5, 0.6) is 0 Å². The number of rotatable bonds is 2. The van der Waals surface area contributed by atoms with Crippen LogP contribution < -0.4 is 0 Å². The Hall–Kier alpha value is 0.951. The minimum absolute atomic E-state index is 0.0765. The molecule has 0 saturated heterocycles. The van der Waals surface area contributed by atoms with E-state index in [9.17, 15) is 0 Å². The molecule has 20 heavy (non-hydrogen) atoms. The Labute approximate surface area is 143 Å². The molecule has 116 valence electrons. The van der Waals surface area contributed by atoms with Gasteiger partial charge in [-0.1, -0.05) is 57.1 Å². The predicted octanol–water partition coefficient (Wildman–Crippen LogP) is 6.58. The number of allylic oxidation sites excluding steroid dienone is 4. The van der Waals surface area contributed by atoms with Gasteiger partial charge in [-0.2, -0.15) is 0 Å². The van der Waals surface area contributed by atoms with Crippen molar-refractivity contribution in [3.05, 3.63) is 26.9 Å². The van der Waals surface area contributed by atoms with Gasteiger partial charge in [0.2, 0.25) is 0 Å². The molecule has 0 heterocycles. The molecular weight excluding hydrogens is 341 g/mol. The summed E-state index contributed by atoms with van der Waals surface area (Å²) in [6.45, 7) is 20.6. The van der Waals surface area contributed by atoms with E-state index in [2.05, 4.69) is 61.6 Å². The SMILES string of the molecule is CC1=C(C)C(C)C([Si](C)(C)[N-]C(C)(C)C)=C1C.[Cl][Ti][Cl]. The maximum atomic E-state index is 5.15. The topological polar surface area (TPSA) is 14.1 Å². The first-order valence-electron chi connectivity index (χ1n) is 6.98. The van der Waals surface area contributed by atoms with Crippen molar-refractivity contribution in [1.82, 2.24) is 0 Å². The second kappa shape index (κ2) is 7.99. The first-order chi connectivity index (χ1) is 8.89. The molecule has 1 aliphatic rings. The van der Waals surface area contributed by atoms with Gasteiger partial charge < -0.3 is 4.98 Å². The fourth-order valence-corrected chi connectivity index (χ4v) is 7.43. The van der Waals surface area contributed by atoms with Crippen molar-refractivity contribution in [2.45, 2.75) is 67.1 Å². The van der Waals surface area contributed by atoms with E-state index < -0.39 is 25.3 Å². The summed E-state index contributed by atoms with van der Waals surface area (Å²) in [5.41, 5.74) is 4.63. The van der Waals surface area contributed by atoms with Crippen LogP contribution in [-0.2, 0) is 17.0 Å². The molecule has 1 nitrogen and oxygen atoms in total. The Balaban J connectivity index is 0.00000110. The summed E-state index contributed by atoms with van der Waals surface area (Å²) in [7, 11) is 8.13. The van der Waals surface area contributed by atoms with Gasteiger partial charge in [0.05, 0.1) is 0 Å². The van der Waals surface area contributed by atoms with Crippen LogP contribution in [-0.4, -0.2) is 13.8 Å². The van der Waals surface area contributed by atoms with Crippen LogP contribution in [0.1, 0.15) is 48.5 Å². The quantitative estimate of drug-likeness (QED) is 0.488. The average Bonchev–Trinajstić information content (AvgIpc) is 2.41. The van der Waals surface area contributed by atoms with Gasteiger partial charge >= 0.3 is 35.6 Å². The molecule has 0 bridgehead atoms. The first-order valence-corrected chi connectivity index (χ1v) is 14.2. The van der Waals surface area contributed by atoms with Crippen molar-refractivity contribution in [3.63, 3.8) is 0 Å². The maximum absolute atomic E-state index is 5.15. The van der Waals surface area contributed by atoms with E-state index in [0.717, 1.165) is 0 Å². The van der Waals surface area contributed by atoms with Crippen LogP contribution in [0.25, 0.3) is 4.98 Å². The summed E-state index contributed by atoms with van der Waals surface area (Å²) >= 11 is -0.556. The van der Waals surface area contributed by atoms with Crippen LogP contribution in [0.2, 0.25) is 13.1 Å². The molecule has 0 aromatic rings. The Morgan fingerprint density at radius 1 is 1.05 bits per heavy atom. The summed E-state index contributed by atoms with van der Waals surface area (Å²) in [5, 5.41) is 1.64. The molecule has 1 unspecified atom stereocenters. The van der Waals surface area contributed by atoms with E-state index in [1.807, 2.05) is 0 Å². The predicted molar refractivity (Wildman–Crippen MR) is 92.5 cm³/mol. The van der Waals surface area contributed by atoms with E-state index in [-0.39, 0.29) is 5.54 Å². The van der Waals surface area contributed by atoms with Crippen molar-refractivity contribution < 1.29 is 17.0 Å². The molecule has 0 fully saturated rings. The van der Waals surface area contributed by atoms with Crippen LogP contribution >= 0.6 is 18.6 Å². The molecule has 0 amide bonds. The number of hydrogen-bond acceptors (Lipinski definition) is 0. The van der Waals surface area contributed by atoms with Gasteiger partial charge in [-0.05, 0) is 40.5 Å². The summed E-state index contributed by atoms with van der Waals surface area (Å²) in [4.78, 5) is 5.15. The molecule has 0 aromatic heterocycles. The monoisotopic (exact) mass is 368 g/mol. The summed E-state index contributed by atoms with van der Waals surface area (Å²) in [6.07, 6.45) is 0. The Morgan fingerprint density at radius 3 is 1.70 bits per heavy atom. The zero-order chi connectivity index (χ0) is 16.3. The van der Waals surface area contributed by atoms with Gasteiger partial charge in [-0.25, -0.2) is 0 Å². The van der Waals surface area contributed by atoms with Gasteiger partial charge in [0, 0.05) is 0 Å². The van der Waals surface area contributed by atoms with Gasteiger partial charge in [0.1, 0.15) is 0 Å². The fourth-order valence-electron chi connectivity index (χ4n) is 3.25. The second-order valence-electron chi connectivity index (χ2n) is 6.98. The van der Waals surface area contributed by atoms with Gasteiger partial charge in [0.25, 0.3) is 0 Å². The van der Waals surface area contributed by atoms with Crippen molar-refractivity contribution in [3.8, 4) is 0 Å². The van der Waals surface area contributed by atoms with Gasteiger partial charge in [0.15, 0.2) is 0 Å². The molecule has 0 spiro atoms. The Bertz CT molecular complexity index is 409. The molecular formula is C15H28Cl2NSiTi-. The number of halogens is 2. The fraction of sp³-hybridized carbons (Fsp3) is 0.733. The first kappa shape index (κ1) is 21.0. The summed E-state index contributed by atoms with van der Waals surface area (Å²) in [6, 6.07) is 0. The molecule has 0 radical (unpaired) electrons. The third kappa shape index (κ3) is 5.62. The van der Waals surface area contributed by atoms with Crippen molar-refractivity contribution >= 4 is 26.8 Å². The summed E-state index contributed by atoms with van der Waals surface area (Å²) < 4.78 is 0. The molecule has 0 N–H and O–H groups in total. The molecule has 5 heteroatoms. The molecule has 0 aromatic carbocycles. The van der Waals surface area contributed by atoms with E-state index in [1.54, 1.807) is 10.8 Å². The van der Waals surface area contributed by atoms with E-state index >= 15 is 0 Å². The van der Waals surface area contributed by atoms with Crippen LogP contribution in [0, 0.1) is 5.92 Å². The van der Waals surface area contributed by atoms with Crippen molar-refractivity contribution in [2.24, 2.45) is 5.92 Å². The zero-order valence-electron chi connectivity index (χ0n) is 14.3. The minimum atomic E-state index is -1.65. The molecule has 1 atom stereocenters. The van der Waals surface area contributed by atoms with Crippen molar-refractivity contribution in [1.29, 1.82) is 0 Å². The molecule has 0 saturated carbocycles. The molecule has 1 rings (SSSR count). The second-order valence-corrected chi connectivity index (χ2v) is 13.4. The van der Waals surface area contributed by atoms with E-state index in [0.29, 0.717) is 5.92 Å². The van der Waals surface area contributed by atoms with E-state index in [1.165, 1.54) is 11.1 Å². The third-order valence-corrected chi connectivity index (χ3v) is 7.27. The average molecular weight is 369 g/mol. The number of nitrogens with zero attached hydrogens (tertiary/aromatic N) is 1. The van der Waals surface area contributed by atoms with Crippen LogP contribution in [0.4, 0.5) is 0 Å². The summed E-state index contributed by atoms with van der Waals surface area (Å²) in [5.74, 6) is 0.600. The van der Waals surface area contributed by atoms with Crippen LogP contribution in [0.3, 0.4) is 0 Å².